The Hall–Kier alpha value is -0.530. The Balaban J connectivity index is 2.14. The molecule has 16 heavy (non-hydrogen) atoms. The Labute approximate surface area is 102 Å². The van der Waals surface area contributed by atoms with Crippen LogP contribution in [-0.2, 0) is 6.42 Å². The van der Waals surface area contributed by atoms with Crippen molar-refractivity contribution < 1.29 is 0 Å². The molecule has 3 rings (SSSR count). The predicted molar refractivity (Wildman–Crippen MR) is 68.2 cm³/mol. The van der Waals surface area contributed by atoms with Crippen molar-refractivity contribution in [1.29, 1.82) is 0 Å². The van der Waals surface area contributed by atoms with Gasteiger partial charge in [0.25, 0.3) is 0 Å². The first-order valence-corrected chi connectivity index (χ1v) is 6.48. The summed E-state index contributed by atoms with van der Waals surface area (Å²) in [6.45, 7) is 6.78. The fourth-order valence-electron chi connectivity index (χ4n) is 3.36. The molecular formula is C14H18ClN. The summed E-state index contributed by atoms with van der Waals surface area (Å²) in [5.41, 5.74) is 4.57. The third kappa shape index (κ3) is 1.34. The van der Waals surface area contributed by atoms with Crippen LogP contribution in [-0.4, -0.2) is 13.1 Å². The van der Waals surface area contributed by atoms with Crippen LogP contribution in [0.1, 0.15) is 36.0 Å². The van der Waals surface area contributed by atoms with Crippen LogP contribution in [0.2, 0.25) is 5.02 Å². The predicted octanol–water partition coefficient (Wildman–Crippen LogP) is 3.29. The summed E-state index contributed by atoms with van der Waals surface area (Å²) in [5, 5.41) is 4.54. The number of hydrogen-bond acceptors (Lipinski definition) is 1. The standard InChI is InChI=1S/C14H18ClN/c1-9-3-4-10-11(13(9)15)5-6-14(2)8-16-7-12(10)14/h3-4,12,16H,5-8H2,1-2H3/t12-,14-/m0/s1. The Bertz CT molecular complexity index is 441. The molecule has 1 aromatic rings. The summed E-state index contributed by atoms with van der Waals surface area (Å²) in [4.78, 5) is 0. The van der Waals surface area contributed by atoms with Gasteiger partial charge in [-0.3, -0.25) is 0 Å². The van der Waals surface area contributed by atoms with Gasteiger partial charge in [-0.25, -0.2) is 0 Å². The molecule has 1 aliphatic heterocycles. The maximum atomic E-state index is 6.43. The van der Waals surface area contributed by atoms with E-state index in [0.29, 0.717) is 11.3 Å². The maximum absolute atomic E-state index is 6.43. The summed E-state index contributed by atoms with van der Waals surface area (Å²) in [7, 11) is 0. The molecule has 0 radical (unpaired) electrons. The number of aryl methyl sites for hydroxylation is 1. The van der Waals surface area contributed by atoms with Gasteiger partial charge in [0.1, 0.15) is 0 Å². The van der Waals surface area contributed by atoms with E-state index in [1.54, 1.807) is 0 Å². The van der Waals surface area contributed by atoms with Crippen molar-refractivity contribution >= 4 is 11.6 Å². The molecule has 0 saturated carbocycles. The highest BCUT2D eigenvalue weighted by Crippen LogP contribution is 2.49. The number of rotatable bonds is 0. The molecule has 2 heteroatoms. The summed E-state index contributed by atoms with van der Waals surface area (Å²) >= 11 is 6.43. The number of benzene rings is 1. The van der Waals surface area contributed by atoms with Crippen molar-refractivity contribution in [2.24, 2.45) is 5.41 Å². The normalized spacial score (nSPS) is 32.3. The molecule has 0 bridgehead atoms. The lowest BCUT2D eigenvalue weighted by Gasteiger charge is -2.37. The van der Waals surface area contributed by atoms with Crippen molar-refractivity contribution in [2.75, 3.05) is 13.1 Å². The molecule has 86 valence electrons. The molecule has 1 fully saturated rings. The molecule has 2 atom stereocenters. The maximum Gasteiger partial charge on any atom is 0.0470 e. The van der Waals surface area contributed by atoms with Crippen LogP contribution < -0.4 is 5.32 Å². The van der Waals surface area contributed by atoms with Crippen LogP contribution in [0.5, 0.6) is 0 Å². The molecular weight excluding hydrogens is 218 g/mol. The minimum absolute atomic E-state index is 0.450. The third-order valence-electron chi connectivity index (χ3n) is 4.51. The first-order chi connectivity index (χ1) is 7.62. The molecule has 1 nitrogen and oxygen atoms in total. The van der Waals surface area contributed by atoms with E-state index in [-0.39, 0.29) is 0 Å². The molecule has 1 heterocycles. The smallest absolute Gasteiger partial charge is 0.0470 e. The monoisotopic (exact) mass is 235 g/mol. The van der Waals surface area contributed by atoms with Gasteiger partial charge in [0.15, 0.2) is 0 Å². The Kier molecular flexibility index (Phi) is 2.31. The van der Waals surface area contributed by atoms with E-state index in [9.17, 15) is 0 Å². The van der Waals surface area contributed by atoms with Gasteiger partial charge in [0.2, 0.25) is 0 Å². The SMILES string of the molecule is Cc1ccc2c(c1Cl)CC[C@@]1(C)CNC[C@@H]21. The highest BCUT2D eigenvalue weighted by atomic mass is 35.5. The fourth-order valence-corrected chi connectivity index (χ4v) is 3.63. The third-order valence-corrected chi connectivity index (χ3v) is 5.04. The molecule has 1 N–H and O–H groups in total. The zero-order valence-corrected chi connectivity index (χ0v) is 10.7. The van der Waals surface area contributed by atoms with Crippen LogP contribution in [0.3, 0.4) is 0 Å². The van der Waals surface area contributed by atoms with Crippen LogP contribution in [0.4, 0.5) is 0 Å². The van der Waals surface area contributed by atoms with E-state index in [1.165, 1.54) is 23.1 Å². The lowest BCUT2D eigenvalue weighted by molar-refractivity contribution is 0.277. The minimum Gasteiger partial charge on any atom is -0.316 e. The zero-order chi connectivity index (χ0) is 11.3. The molecule has 0 amide bonds. The van der Waals surface area contributed by atoms with Crippen LogP contribution >= 0.6 is 11.6 Å². The molecule has 2 aliphatic rings. The van der Waals surface area contributed by atoms with E-state index in [2.05, 4.69) is 31.3 Å². The van der Waals surface area contributed by atoms with Gasteiger partial charge >= 0.3 is 0 Å². The fraction of sp³-hybridized carbons (Fsp3) is 0.571. The van der Waals surface area contributed by atoms with Crippen molar-refractivity contribution in [2.45, 2.75) is 32.6 Å². The number of hydrogen-bond donors (Lipinski definition) is 1. The van der Waals surface area contributed by atoms with Crippen LogP contribution in [0.15, 0.2) is 12.1 Å². The lowest BCUT2D eigenvalue weighted by Crippen LogP contribution is -2.30. The number of nitrogens with one attached hydrogen (secondary N) is 1. The molecule has 0 unspecified atom stereocenters. The Morgan fingerprint density at radius 1 is 1.44 bits per heavy atom. The van der Waals surface area contributed by atoms with Crippen molar-refractivity contribution in [3.05, 3.63) is 33.8 Å². The van der Waals surface area contributed by atoms with E-state index in [1.807, 2.05) is 0 Å². The van der Waals surface area contributed by atoms with Gasteiger partial charge < -0.3 is 5.32 Å². The average molecular weight is 236 g/mol. The molecule has 1 aliphatic carbocycles. The average Bonchev–Trinajstić information content (AvgIpc) is 2.65. The quantitative estimate of drug-likeness (QED) is 0.728. The molecule has 0 aromatic heterocycles. The van der Waals surface area contributed by atoms with Crippen molar-refractivity contribution in [1.82, 2.24) is 5.32 Å². The van der Waals surface area contributed by atoms with Gasteiger partial charge in [-0.05, 0) is 41.9 Å². The molecule has 1 aromatic carbocycles. The van der Waals surface area contributed by atoms with Gasteiger partial charge in [-0.1, -0.05) is 30.7 Å². The topological polar surface area (TPSA) is 12.0 Å². The van der Waals surface area contributed by atoms with Crippen LogP contribution in [0, 0.1) is 12.3 Å². The lowest BCUT2D eigenvalue weighted by atomic mass is 9.67. The van der Waals surface area contributed by atoms with Crippen LogP contribution in [0.25, 0.3) is 0 Å². The van der Waals surface area contributed by atoms with Gasteiger partial charge in [-0.2, -0.15) is 0 Å². The number of fused-ring (bicyclic) bond motifs is 3. The highest BCUT2D eigenvalue weighted by Gasteiger charge is 2.43. The Morgan fingerprint density at radius 3 is 3.06 bits per heavy atom. The number of halogens is 1. The first-order valence-electron chi connectivity index (χ1n) is 6.10. The summed E-state index contributed by atoms with van der Waals surface area (Å²) in [6.07, 6.45) is 2.41. The second-order valence-corrected chi connectivity index (χ2v) is 5.98. The Morgan fingerprint density at radius 2 is 2.25 bits per heavy atom. The van der Waals surface area contributed by atoms with E-state index in [4.69, 9.17) is 11.6 Å². The minimum atomic E-state index is 0.450. The van der Waals surface area contributed by atoms with Gasteiger partial charge in [0.05, 0.1) is 0 Å². The zero-order valence-electron chi connectivity index (χ0n) is 9.94. The van der Waals surface area contributed by atoms with E-state index < -0.39 is 0 Å². The summed E-state index contributed by atoms with van der Waals surface area (Å²) < 4.78 is 0. The second-order valence-electron chi connectivity index (χ2n) is 5.60. The van der Waals surface area contributed by atoms with E-state index in [0.717, 1.165) is 24.5 Å². The summed E-state index contributed by atoms with van der Waals surface area (Å²) in [5.74, 6) is 0.661. The van der Waals surface area contributed by atoms with Gasteiger partial charge in [-0.15, -0.1) is 0 Å². The largest absolute Gasteiger partial charge is 0.316 e. The van der Waals surface area contributed by atoms with E-state index >= 15 is 0 Å². The second kappa shape index (κ2) is 3.48. The molecule has 1 saturated heterocycles. The van der Waals surface area contributed by atoms with Crippen molar-refractivity contribution in [3.8, 4) is 0 Å². The highest BCUT2D eigenvalue weighted by molar-refractivity contribution is 6.32. The van der Waals surface area contributed by atoms with Crippen molar-refractivity contribution in [3.63, 3.8) is 0 Å². The first kappa shape index (κ1) is 10.6. The summed E-state index contributed by atoms with van der Waals surface area (Å²) in [6, 6.07) is 4.47. The molecule has 0 spiro atoms. The van der Waals surface area contributed by atoms with Gasteiger partial charge in [0, 0.05) is 24.0 Å².